The summed E-state index contributed by atoms with van der Waals surface area (Å²) in [6.07, 6.45) is 0. The third kappa shape index (κ3) is 8.14. The van der Waals surface area contributed by atoms with E-state index in [1.54, 1.807) is 48.5 Å². The van der Waals surface area contributed by atoms with Crippen molar-refractivity contribution in [3.63, 3.8) is 0 Å². The van der Waals surface area contributed by atoms with E-state index in [1.165, 1.54) is 19.1 Å². The molecule has 6 heteroatoms. The van der Waals surface area contributed by atoms with E-state index in [-0.39, 0.29) is 22.8 Å². The van der Waals surface area contributed by atoms with Gasteiger partial charge in [-0.1, -0.05) is 84.0 Å². The number of Topliss-reactive ketones (excluding diaryl/α,β-unsaturated/α-hetero) is 1. The minimum atomic E-state index is -1.03. The van der Waals surface area contributed by atoms with Crippen LogP contribution in [0.2, 0.25) is 0 Å². The van der Waals surface area contributed by atoms with Crippen molar-refractivity contribution in [1.29, 1.82) is 0 Å². The molecule has 0 saturated carbocycles. The zero-order chi connectivity index (χ0) is 29.7. The fourth-order valence-electron chi connectivity index (χ4n) is 3.87. The third-order valence-electron chi connectivity index (χ3n) is 5.57. The maximum atomic E-state index is 13.0. The number of aromatic carboxylic acids is 1. The molecule has 0 fully saturated rings. The van der Waals surface area contributed by atoms with Gasteiger partial charge in [0.25, 0.3) is 0 Å². The second-order valence-electron chi connectivity index (χ2n) is 8.06. The number of fused-ring (bicyclic) bond motifs is 1. The van der Waals surface area contributed by atoms with E-state index in [2.05, 4.69) is 5.32 Å². The standard InChI is InChI=1S/C27H23NO5.3C2H6/c1-15-12-21(16(2)28-23-7-5-4-6-20(23)27(31)32)26-22(13-15)24(30)14-25(33-26)19-10-8-18(9-11-19)17(3)29;3*1-2/h4-14,16,28H,1-3H3,(H,31,32);3*1-2H3. The van der Waals surface area contributed by atoms with Gasteiger partial charge in [0.15, 0.2) is 11.2 Å². The smallest absolute Gasteiger partial charge is 0.337 e. The number of hydrogen-bond acceptors (Lipinski definition) is 5. The van der Waals surface area contributed by atoms with Crippen LogP contribution in [0.5, 0.6) is 0 Å². The molecule has 0 aliphatic heterocycles. The lowest BCUT2D eigenvalue weighted by Crippen LogP contribution is -2.12. The van der Waals surface area contributed by atoms with Gasteiger partial charge in [-0.05, 0) is 44.5 Å². The summed E-state index contributed by atoms with van der Waals surface area (Å²) in [6, 6.07) is 18.4. The second kappa shape index (κ2) is 15.9. The van der Waals surface area contributed by atoms with Crippen molar-refractivity contribution in [3.8, 4) is 11.3 Å². The normalized spacial score (nSPS) is 10.5. The first-order chi connectivity index (χ1) is 18.7. The minimum absolute atomic E-state index is 0.0409. The van der Waals surface area contributed by atoms with Crippen molar-refractivity contribution in [1.82, 2.24) is 0 Å². The Kier molecular flexibility index (Phi) is 13.4. The highest BCUT2D eigenvalue weighted by molar-refractivity contribution is 5.95. The van der Waals surface area contributed by atoms with E-state index in [0.717, 1.165) is 11.1 Å². The van der Waals surface area contributed by atoms with Gasteiger partial charge in [-0.15, -0.1) is 0 Å². The molecule has 2 N–H and O–H groups in total. The Bertz CT molecular complexity index is 1440. The fraction of sp³-hybridized carbons (Fsp3) is 0.303. The van der Waals surface area contributed by atoms with E-state index in [1.807, 2.05) is 61.5 Å². The van der Waals surface area contributed by atoms with Crippen molar-refractivity contribution in [3.05, 3.63) is 99.2 Å². The van der Waals surface area contributed by atoms with E-state index in [9.17, 15) is 19.5 Å². The number of hydrogen-bond donors (Lipinski definition) is 2. The van der Waals surface area contributed by atoms with Gasteiger partial charge in [0.2, 0.25) is 0 Å². The molecule has 0 aliphatic carbocycles. The summed E-state index contributed by atoms with van der Waals surface area (Å²) in [7, 11) is 0. The molecule has 1 aromatic heterocycles. The molecule has 0 bridgehead atoms. The number of rotatable bonds is 6. The largest absolute Gasteiger partial charge is 0.478 e. The SMILES string of the molecule is CC.CC.CC.CC(=O)c1ccc(-c2cc(=O)c3cc(C)cc(C(C)Nc4ccccc4C(=O)O)c3o2)cc1. The van der Waals surface area contributed by atoms with Gasteiger partial charge < -0.3 is 14.8 Å². The van der Waals surface area contributed by atoms with Crippen molar-refractivity contribution in [2.75, 3.05) is 5.32 Å². The van der Waals surface area contributed by atoms with Crippen LogP contribution < -0.4 is 10.7 Å². The first-order valence-electron chi connectivity index (χ1n) is 13.5. The van der Waals surface area contributed by atoms with Crippen LogP contribution >= 0.6 is 0 Å². The Hall–Kier alpha value is -4.19. The maximum absolute atomic E-state index is 13.0. The molecule has 3 aromatic carbocycles. The fourth-order valence-corrected chi connectivity index (χ4v) is 3.87. The number of benzene rings is 3. The van der Waals surface area contributed by atoms with Gasteiger partial charge in [0.1, 0.15) is 11.3 Å². The summed E-state index contributed by atoms with van der Waals surface area (Å²) in [5, 5.41) is 13.2. The lowest BCUT2D eigenvalue weighted by Gasteiger charge is -2.19. The number of carbonyl (C=O) groups is 2. The summed E-state index contributed by atoms with van der Waals surface area (Å²) >= 11 is 0. The molecule has 1 heterocycles. The van der Waals surface area contributed by atoms with Crippen LogP contribution in [0.4, 0.5) is 5.69 Å². The zero-order valence-electron chi connectivity index (χ0n) is 24.5. The Labute approximate surface area is 231 Å². The highest BCUT2D eigenvalue weighted by atomic mass is 16.4. The number of anilines is 1. The van der Waals surface area contributed by atoms with E-state index < -0.39 is 5.97 Å². The molecule has 39 heavy (non-hydrogen) atoms. The van der Waals surface area contributed by atoms with Crippen LogP contribution in [-0.4, -0.2) is 16.9 Å². The molecule has 0 radical (unpaired) electrons. The van der Waals surface area contributed by atoms with E-state index in [4.69, 9.17) is 4.42 Å². The molecule has 0 aliphatic rings. The molecule has 4 rings (SSSR count). The number of nitrogens with one attached hydrogen (secondary N) is 1. The van der Waals surface area contributed by atoms with Gasteiger partial charge >= 0.3 is 5.97 Å². The molecular weight excluding hydrogens is 490 g/mol. The number of ketones is 1. The number of carbonyl (C=O) groups excluding carboxylic acids is 1. The summed E-state index contributed by atoms with van der Waals surface area (Å²) < 4.78 is 6.21. The predicted octanol–water partition coefficient (Wildman–Crippen LogP) is 8.92. The average Bonchev–Trinajstić information content (AvgIpc) is 2.96. The predicted molar refractivity (Wildman–Crippen MR) is 162 cm³/mol. The number of carboxylic acids is 1. The molecular formula is C33H41NO5. The van der Waals surface area contributed by atoms with Crippen molar-refractivity contribution < 1.29 is 19.1 Å². The number of para-hydroxylation sites is 1. The summed E-state index contributed by atoms with van der Waals surface area (Å²) in [5.74, 6) is -0.672. The second-order valence-corrected chi connectivity index (χ2v) is 8.06. The van der Waals surface area contributed by atoms with Gasteiger partial charge in [-0.3, -0.25) is 9.59 Å². The van der Waals surface area contributed by atoms with Crippen LogP contribution in [0.25, 0.3) is 22.3 Å². The van der Waals surface area contributed by atoms with Crippen LogP contribution in [-0.2, 0) is 0 Å². The van der Waals surface area contributed by atoms with Crippen LogP contribution in [0.3, 0.4) is 0 Å². The topological polar surface area (TPSA) is 96.6 Å². The lowest BCUT2D eigenvalue weighted by molar-refractivity contribution is 0.0697. The minimum Gasteiger partial charge on any atom is -0.478 e. The summed E-state index contributed by atoms with van der Waals surface area (Å²) in [5.41, 5.74) is 3.79. The van der Waals surface area contributed by atoms with Crippen molar-refractivity contribution >= 4 is 28.4 Å². The zero-order valence-corrected chi connectivity index (χ0v) is 24.5. The Morgan fingerprint density at radius 3 is 2.03 bits per heavy atom. The maximum Gasteiger partial charge on any atom is 0.337 e. The molecule has 4 aromatic rings. The monoisotopic (exact) mass is 531 g/mol. The molecule has 1 atom stereocenters. The highest BCUT2D eigenvalue weighted by Crippen LogP contribution is 2.31. The number of carboxylic acid groups (broad SMARTS) is 1. The lowest BCUT2D eigenvalue weighted by atomic mass is 10.00. The Morgan fingerprint density at radius 2 is 1.46 bits per heavy atom. The van der Waals surface area contributed by atoms with E-state index >= 15 is 0 Å². The molecule has 6 nitrogen and oxygen atoms in total. The quantitative estimate of drug-likeness (QED) is 0.241. The average molecular weight is 532 g/mol. The van der Waals surface area contributed by atoms with Crippen molar-refractivity contribution in [2.24, 2.45) is 0 Å². The summed E-state index contributed by atoms with van der Waals surface area (Å²) in [6.45, 7) is 17.3. The molecule has 0 spiro atoms. The highest BCUT2D eigenvalue weighted by Gasteiger charge is 2.18. The van der Waals surface area contributed by atoms with Crippen LogP contribution in [0.15, 0.2) is 75.9 Å². The molecule has 0 saturated heterocycles. The first kappa shape index (κ1) is 32.8. The summed E-state index contributed by atoms with van der Waals surface area (Å²) in [4.78, 5) is 36.1. The molecule has 208 valence electrons. The molecule has 1 unspecified atom stereocenters. The third-order valence-corrected chi connectivity index (χ3v) is 5.57. The Morgan fingerprint density at radius 1 is 0.872 bits per heavy atom. The Balaban J connectivity index is 0.00000119. The van der Waals surface area contributed by atoms with Gasteiger partial charge in [0.05, 0.1) is 17.0 Å². The van der Waals surface area contributed by atoms with Gasteiger partial charge in [-0.25, -0.2) is 4.79 Å². The number of aryl methyl sites for hydroxylation is 1. The van der Waals surface area contributed by atoms with Crippen LogP contribution in [0.1, 0.15) is 93.3 Å². The van der Waals surface area contributed by atoms with Gasteiger partial charge in [-0.2, -0.15) is 0 Å². The first-order valence-corrected chi connectivity index (χ1v) is 13.5. The van der Waals surface area contributed by atoms with E-state index in [0.29, 0.717) is 33.5 Å². The van der Waals surface area contributed by atoms with Crippen molar-refractivity contribution in [2.45, 2.75) is 68.4 Å². The molecule has 0 amide bonds. The van der Waals surface area contributed by atoms with Gasteiger partial charge in [0, 0.05) is 28.4 Å². The van der Waals surface area contributed by atoms with Crippen LogP contribution in [0, 0.1) is 6.92 Å².